The third kappa shape index (κ3) is 2.62. The molecule has 2 fully saturated rings. The number of rotatable bonds is 2. The van der Waals surface area contributed by atoms with Crippen LogP contribution in [0.15, 0.2) is 22.7 Å². The number of benzene rings is 1. The molecule has 1 saturated heterocycles. The fourth-order valence-corrected chi connectivity index (χ4v) is 4.41. The van der Waals surface area contributed by atoms with Crippen LogP contribution >= 0.6 is 15.9 Å². The molecular formula is C17H25BrN2. The monoisotopic (exact) mass is 336 g/mol. The van der Waals surface area contributed by atoms with Crippen LogP contribution in [-0.2, 0) is 0 Å². The summed E-state index contributed by atoms with van der Waals surface area (Å²) < 4.78 is 1.18. The largest absolute Gasteiger partial charge is 0.365 e. The van der Waals surface area contributed by atoms with E-state index >= 15 is 0 Å². The van der Waals surface area contributed by atoms with Crippen molar-refractivity contribution < 1.29 is 0 Å². The summed E-state index contributed by atoms with van der Waals surface area (Å²) in [6, 6.07) is 7.33. The van der Waals surface area contributed by atoms with Crippen LogP contribution in [-0.4, -0.2) is 24.7 Å². The molecule has 3 heteroatoms. The Balaban J connectivity index is 1.90. The van der Waals surface area contributed by atoms with Crippen LogP contribution < -0.4 is 10.2 Å². The number of aryl methyl sites for hydroxylation is 1. The van der Waals surface area contributed by atoms with Crippen molar-refractivity contribution in [2.45, 2.75) is 57.5 Å². The van der Waals surface area contributed by atoms with Gasteiger partial charge in [0.25, 0.3) is 0 Å². The minimum absolute atomic E-state index is 0.380. The summed E-state index contributed by atoms with van der Waals surface area (Å²) in [4.78, 5) is 2.67. The third-order valence-corrected chi connectivity index (χ3v) is 5.62. The lowest BCUT2D eigenvalue weighted by molar-refractivity contribution is 0.267. The molecule has 1 aromatic carbocycles. The van der Waals surface area contributed by atoms with Crippen molar-refractivity contribution in [3.63, 3.8) is 0 Å². The summed E-state index contributed by atoms with van der Waals surface area (Å²) in [7, 11) is 0. The van der Waals surface area contributed by atoms with Crippen molar-refractivity contribution in [2.75, 3.05) is 18.0 Å². The molecule has 1 N–H and O–H groups in total. The predicted molar refractivity (Wildman–Crippen MR) is 89.5 cm³/mol. The maximum absolute atomic E-state index is 3.88. The molecule has 0 aromatic heterocycles. The second kappa shape index (κ2) is 5.69. The Hall–Kier alpha value is -0.540. The quantitative estimate of drug-likeness (QED) is 0.867. The van der Waals surface area contributed by atoms with Crippen molar-refractivity contribution in [3.8, 4) is 0 Å². The van der Waals surface area contributed by atoms with E-state index in [0.29, 0.717) is 11.6 Å². The molecule has 1 heterocycles. The average Bonchev–Trinajstić information content (AvgIpc) is 2.87. The van der Waals surface area contributed by atoms with Crippen molar-refractivity contribution in [1.29, 1.82) is 0 Å². The lowest BCUT2D eigenvalue weighted by Gasteiger charge is -2.48. The third-order valence-electron chi connectivity index (χ3n) is 5.13. The Morgan fingerprint density at radius 1 is 1.35 bits per heavy atom. The van der Waals surface area contributed by atoms with Crippen molar-refractivity contribution in [1.82, 2.24) is 5.32 Å². The van der Waals surface area contributed by atoms with Crippen LogP contribution in [0.5, 0.6) is 0 Å². The summed E-state index contributed by atoms with van der Waals surface area (Å²) >= 11 is 3.58. The minimum atomic E-state index is 0.380. The van der Waals surface area contributed by atoms with Gasteiger partial charge in [0.05, 0.1) is 0 Å². The van der Waals surface area contributed by atoms with Crippen molar-refractivity contribution in [3.05, 3.63) is 28.2 Å². The van der Waals surface area contributed by atoms with Crippen LogP contribution in [0.4, 0.5) is 5.69 Å². The van der Waals surface area contributed by atoms with Crippen LogP contribution in [0.1, 0.15) is 44.6 Å². The molecular weight excluding hydrogens is 312 g/mol. The first-order valence-corrected chi connectivity index (χ1v) is 8.71. The Morgan fingerprint density at radius 3 is 2.75 bits per heavy atom. The molecule has 1 atom stereocenters. The molecule has 1 aliphatic heterocycles. The first-order chi connectivity index (χ1) is 9.63. The van der Waals surface area contributed by atoms with Gasteiger partial charge in [0.2, 0.25) is 0 Å². The lowest BCUT2D eigenvalue weighted by Crippen LogP contribution is -2.63. The van der Waals surface area contributed by atoms with Crippen LogP contribution in [0, 0.1) is 6.92 Å². The number of hydrogen-bond acceptors (Lipinski definition) is 2. The van der Waals surface area contributed by atoms with E-state index in [-0.39, 0.29) is 0 Å². The highest BCUT2D eigenvalue weighted by Gasteiger charge is 2.40. The highest BCUT2D eigenvalue weighted by molar-refractivity contribution is 9.10. The van der Waals surface area contributed by atoms with Gasteiger partial charge in [-0.25, -0.2) is 0 Å². The Kier molecular flexibility index (Phi) is 4.09. The average molecular weight is 337 g/mol. The van der Waals surface area contributed by atoms with E-state index in [1.807, 2.05) is 0 Å². The number of nitrogens with one attached hydrogen (secondary N) is 1. The number of piperazine rings is 1. The molecule has 2 nitrogen and oxygen atoms in total. The van der Waals surface area contributed by atoms with Gasteiger partial charge < -0.3 is 10.2 Å². The molecule has 1 saturated carbocycles. The van der Waals surface area contributed by atoms with Crippen molar-refractivity contribution >= 4 is 21.6 Å². The Morgan fingerprint density at radius 2 is 2.10 bits per heavy atom. The van der Waals surface area contributed by atoms with Gasteiger partial charge in [0, 0.05) is 34.8 Å². The van der Waals surface area contributed by atoms with E-state index in [2.05, 4.69) is 58.2 Å². The summed E-state index contributed by atoms with van der Waals surface area (Å²) in [5.74, 6) is 0. The van der Waals surface area contributed by atoms with E-state index in [0.717, 1.165) is 6.54 Å². The van der Waals surface area contributed by atoms with Gasteiger partial charge in [-0.15, -0.1) is 0 Å². The highest BCUT2D eigenvalue weighted by atomic mass is 79.9. The Labute approximate surface area is 131 Å². The van der Waals surface area contributed by atoms with Crippen LogP contribution in [0.25, 0.3) is 0 Å². The zero-order valence-corrected chi connectivity index (χ0v) is 14.2. The van der Waals surface area contributed by atoms with E-state index < -0.39 is 0 Å². The number of nitrogens with zero attached hydrogens (tertiary/aromatic N) is 1. The van der Waals surface area contributed by atoms with Gasteiger partial charge in [0.1, 0.15) is 0 Å². The Bertz CT molecular complexity index is 480. The lowest BCUT2D eigenvalue weighted by atomic mass is 9.91. The van der Waals surface area contributed by atoms with Gasteiger partial charge in [-0.2, -0.15) is 0 Å². The van der Waals surface area contributed by atoms with Gasteiger partial charge >= 0.3 is 0 Å². The molecule has 110 valence electrons. The smallest absolute Gasteiger partial charge is 0.0413 e. The molecule has 1 aromatic rings. The maximum Gasteiger partial charge on any atom is 0.0413 e. The van der Waals surface area contributed by atoms with Gasteiger partial charge in [-0.3, -0.25) is 0 Å². The van der Waals surface area contributed by atoms with Gasteiger partial charge in [0.15, 0.2) is 0 Å². The normalized spacial score (nSPS) is 25.4. The minimum Gasteiger partial charge on any atom is -0.365 e. The molecule has 3 rings (SSSR count). The van der Waals surface area contributed by atoms with E-state index in [1.54, 1.807) is 0 Å². The zero-order valence-electron chi connectivity index (χ0n) is 12.6. The number of halogens is 1. The molecule has 1 aliphatic carbocycles. The molecule has 1 spiro atoms. The first-order valence-electron chi connectivity index (χ1n) is 7.91. The predicted octanol–water partition coefficient (Wildman–Crippen LogP) is 4.26. The van der Waals surface area contributed by atoms with Crippen LogP contribution in [0.2, 0.25) is 0 Å². The highest BCUT2D eigenvalue weighted by Crippen LogP contribution is 2.36. The molecule has 0 amide bonds. The maximum atomic E-state index is 3.88. The van der Waals surface area contributed by atoms with Gasteiger partial charge in [-0.05, 0) is 49.9 Å². The fraction of sp³-hybridized carbons (Fsp3) is 0.647. The summed E-state index contributed by atoms with van der Waals surface area (Å²) in [5, 5.41) is 3.88. The van der Waals surface area contributed by atoms with E-state index in [9.17, 15) is 0 Å². The molecule has 1 unspecified atom stereocenters. The first kappa shape index (κ1) is 14.4. The topological polar surface area (TPSA) is 15.3 Å². The summed E-state index contributed by atoms with van der Waals surface area (Å²) in [5.41, 5.74) is 3.19. The molecule has 0 radical (unpaired) electrons. The molecule has 2 aliphatic rings. The zero-order chi connectivity index (χ0) is 14.2. The molecule has 0 bridgehead atoms. The van der Waals surface area contributed by atoms with E-state index in [1.165, 1.54) is 54.4 Å². The second-order valence-corrected chi connectivity index (χ2v) is 7.40. The SMILES string of the molecule is CCC1CNC2(CCCC2)CN1c1ccc(Br)cc1C. The standard InChI is InChI=1S/C17H25BrN2/c1-3-15-11-19-17(8-4-5-9-17)12-20(15)16-7-6-14(18)10-13(16)2/h6-7,10,15,19H,3-5,8-9,11-12H2,1-2H3. The summed E-state index contributed by atoms with van der Waals surface area (Å²) in [6.45, 7) is 6.84. The molecule has 20 heavy (non-hydrogen) atoms. The second-order valence-electron chi connectivity index (χ2n) is 6.49. The van der Waals surface area contributed by atoms with Crippen LogP contribution in [0.3, 0.4) is 0 Å². The number of hydrogen-bond donors (Lipinski definition) is 1. The van der Waals surface area contributed by atoms with Gasteiger partial charge in [-0.1, -0.05) is 35.7 Å². The van der Waals surface area contributed by atoms with E-state index in [4.69, 9.17) is 0 Å². The van der Waals surface area contributed by atoms with Crippen molar-refractivity contribution in [2.24, 2.45) is 0 Å². The summed E-state index contributed by atoms with van der Waals surface area (Å²) in [6.07, 6.45) is 6.66. The fourth-order valence-electron chi connectivity index (χ4n) is 3.93. The number of anilines is 1.